The van der Waals surface area contributed by atoms with Crippen molar-refractivity contribution >= 4 is 11.4 Å². The van der Waals surface area contributed by atoms with Gasteiger partial charge < -0.3 is 10.2 Å². The molecular weight excluding hydrogens is 239 g/mol. The van der Waals surface area contributed by atoms with Crippen molar-refractivity contribution in [3.63, 3.8) is 0 Å². The average Bonchev–Trinajstić information content (AvgIpc) is 2.42. The molecule has 2 nitrogen and oxygen atoms in total. The summed E-state index contributed by atoms with van der Waals surface area (Å²) in [6, 6.07) is 13.3. The quantitative estimate of drug-likeness (QED) is 0.883. The van der Waals surface area contributed by atoms with Gasteiger partial charge in [0.15, 0.2) is 0 Å². The van der Waals surface area contributed by atoms with Crippen LogP contribution < -0.4 is 10.2 Å². The number of hydrogen-bond donors (Lipinski definition) is 1. The number of fused-ring (bicyclic) bond motifs is 1. The Morgan fingerprint density at radius 2 is 2.05 bits per heavy atom. The lowest BCUT2D eigenvalue weighted by molar-refractivity contribution is 0.625. The minimum Gasteiger partial charge on any atom is -0.382 e. The van der Waals surface area contributed by atoms with Crippen LogP contribution in [0.15, 0.2) is 42.5 Å². The van der Waals surface area contributed by atoms with Gasteiger partial charge in [0.2, 0.25) is 0 Å². The zero-order valence-electron chi connectivity index (χ0n) is 11.0. The summed E-state index contributed by atoms with van der Waals surface area (Å²) in [4.78, 5) is 2.34. The third-order valence-corrected chi connectivity index (χ3v) is 3.61. The lowest BCUT2D eigenvalue weighted by Crippen LogP contribution is -2.33. The Morgan fingerprint density at radius 1 is 1.21 bits per heavy atom. The van der Waals surface area contributed by atoms with Gasteiger partial charge in [-0.15, -0.1) is 0 Å². The summed E-state index contributed by atoms with van der Waals surface area (Å²) in [7, 11) is 0. The van der Waals surface area contributed by atoms with E-state index in [0.29, 0.717) is 0 Å². The zero-order chi connectivity index (χ0) is 13.2. The second kappa shape index (κ2) is 4.92. The third-order valence-electron chi connectivity index (χ3n) is 3.61. The normalized spacial score (nSPS) is 13.9. The highest BCUT2D eigenvalue weighted by atomic mass is 19.1. The van der Waals surface area contributed by atoms with Crippen molar-refractivity contribution in [2.24, 2.45) is 0 Å². The van der Waals surface area contributed by atoms with Gasteiger partial charge >= 0.3 is 0 Å². The second-order valence-corrected chi connectivity index (χ2v) is 4.94. The van der Waals surface area contributed by atoms with E-state index in [2.05, 4.69) is 28.4 Å². The van der Waals surface area contributed by atoms with Gasteiger partial charge in [0.1, 0.15) is 5.82 Å². The average molecular weight is 256 g/mol. The van der Waals surface area contributed by atoms with Crippen molar-refractivity contribution < 1.29 is 4.39 Å². The van der Waals surface area contributed by atoms with E-state index < -0.39 is 0 Å². The number of nitrogens with one attached hydrogen (secondary N) is 1. The summed E-state index contributed by atoms with van der Waals surface area (Å²) < 4.78 is 13.1. The van der Waals surface area contributed by atoms with E-state index in [1.54, 1.807) is 6.07 Å². The highest BCUT2D eigenvalue weighted by Crippen LogP contribution is 2.30. The van der Waals surface area contributed by atoms with Gasteiger partial charge in [-0.2, -0.15) is 0 Å². The van der Waals surface area contributed by atoms with Crippen LogP contribution in [0.3, 0.4) is 0 Å². The maximum absolute atomic E-state index is 13.1. The van der Waals surface area contributed by atoms with E-state index in [-0.39, 0.29) is 5.82 Å². The van der Waals surface area contributed by atoms with Gasteiger partial charge in [0, 0.05) is 19.6 Å². The number of halogens is 1. The molecule has 0 fully saturated rings. The fourth-order valence-electron chi connectivity index (χ4n) is 2.55. The summed E-state index contributed by atoms with van der Waals surface area (Å²) in [5.41, 5.74) is 4.58. The monoisotopic (exact) mass is 256 g/mol. The van der Waals surface area contributed by atoms with Crippen LogP contribution >= 0.6 is 0 Å². The van der Waals surface area contributed by atoms with E-state index in [1.807, 2.05) is 19.1 Å². The molecule has 0 aromatic heterocycles. The fourth-order valence-corrected chi connectivity index (χ4v) is 2.55. The summed E-state index contributed by atoms with van der Waals surface area (Å²) in [6.07, 6.45) is 0. The van der Waals surface area contributed by atoms with Crippen LogP contribution in [-0.4, -0.2) is 13.1 Å². The van der Waals surface area contributed by atoms with Crippen LogP contribution in [-0.2, 0) is 6.54 Å². The Balaban J connectivity index is 1.88. The number of aryl methyl sites for hydroxylation is 1. The minimum absolute atomic E-state index is 0.165. The molecule has 0 aliphatic carbocycles. The van der Waals surface area contributed by atoms with E-state index >= 15 is 0 Å². The Kier molecular flexibility index (Phi) is 3.11. The first kappa shape index (κ1) is 12.0. The van der Waals surface area contributed by atoms with Crippen molar-refractivity contribution in [1.29, 1.82) is 0 Å². The molecular formula is C16H17FN2. The zero-order valence-corrected chi connectivity index (χ0v) is 11.0. The van der Waals surface area contributed by atoms with E-state index in [0.717, 1.165) is 25.2 Å². The van der Waals surface area contributed by atoms with Gasteiger partial charge in [-0.05, 0) is 42.3 Å². The molecule has 1 aliphatic heterocycles. The molecule has 0 saturated heterocycles. The standard InChI is InChI=1S/C16H17FN2/c1-12-10-14(17)7-6-13(12)11-19-9-8-18-15-4-2-3-5-16(15)19/h2-7,10,18H,8-9,11H2,1H3. The van der Waals surface area contributed by atoms with Gasteiger partial charge in [-0.1, -0.05) is 18.2 Å². The molecule has 19 heavy (non-hydrogen) atoms. The molecule has 1 heterocycles. The molecule has 0 bridgehead atoms. The van der Waals surface area contributed by atoms with E-state index in [1.165, 1.54) is 23.0 Å². The van der Waals surface area contributed by atoms with Crippen molar-refractivity contribution in [3.05, 3.63) is 59.4 Å². The lowest BCUT2D eigenvalue weighted by atomic mass is 10.1. The van der Waals surface area contributed by atoms with E-state index in [4.69, 9.17) is 0 Å². The first-order valence-electron chi connectivity index (χ1n) is 6.57. The molecule has 0 atom stereocenters. The molecule has 0 spiro atoms. The molecule has 98 valence electrons. The second-order valence-electron chi connectivity index (χ2n) is 4.94. The van der Waals surface area contributed by atoms with Gasteiger partial charge in [0.05, 0.1) is 11.4 Å². The molecule has 0 unspecified atom stereocenters. The number of nitrogens with zero attached hydrogens (tertiary/aromatic N) is 1. The van der Waals surface area contributed by atoms with Crippen molar-refractivity contribution in [1.82, 2.24) is 0 Å². The van der Waals surface area contributed by atoms with Gasteiger partial charge in [-0.3, -0.25) is 0 Å². The molecule has 0 radical (unpaired) electrons. The molecule has 2 aromatic carbocycles. The molecule has 1 N–H and O–H groups in total. The largest absolute Gasteiger partial charge is 0.382 e. The van der Waals surface area contributed by atoms with Crippen LogP contribution in [0.5, 0.6) is 0 Å². The third kappa shape index (κ3) is 2.41. The number of para-hydroxylation sites is 2. The predicted molar refractivity (Wildman–Crippen MR) is 77.1 cm³/mol. The van der Waals surface area contributed by atoms with Crippen molar-refractivity contribution in [2.75, 3.05) is 23.3 Å². The molecule has 3 heteroatoms. The molecule has 0 amide bonds. The summed E-state index contributed by atoms with van der Waals surface area (Å²) in [6.45, 7) is 4.70. The molecule has 2 aromatic rings. The van der Waals surface area contributed by atoms with Gasteiger partial charge in [-0.25, -0.2) is 4.39 Å². The van der Waals surface area contributed by atoms with E-state index in [9.17, 15) is 4.39 Å². The predicted octanol–water partition coefficient (Wildman–Crippen LogP) is 3.57. The van der Waals surface area contributed by atoms with Crippen LogP contribution in [0.2, 0.25) is 0 Å². The van der Waals surface area contributed by atoms with Crippen LogP contribution in [0.4, 0.5) is 15.8 Å². The number of rotatable bonds is 2. The smallest absolute Gasteiger partial charge is 0.123 e. The lowest BCUT2D eigenvalue weighted by Gasteiger charge is -2.32. The van der Waals surface area contributed by atoms with Crippen LogP contribution in [0.25, 0.3) is 0 Å². The minimum atomic E-state index is -0.165. The first-order chi connectivity index (χ1) is 9.24. The number of benzene rings is 2. The first-order valence-corrected chi connectivity index (χ1v) is 6.57. The van der Waals surface area contributed by atoms with Crippen molar-refractivity contribution in [3.8, 4) is 0 Å². The van der Waals surface area contributed by atoms with Crippen LogP contribution in [0.1, 0.15) is 11.1 Å². The maximum Gasteiger partial charge on any atom is 0.123 e. The van der Waals surface area contributed by atoms with Crippen molar-refractivity contribution in [2.45, 2.75) is 13.5 Å². The molecule has 0 saturated carbocycles. The van der Waals surface area contributed by atoms with Gasteiger partial charge in [0.25, 0.3) is 0 Å². The summed E-state index contributed by atoms with van der Waals surface area (Å²) >= 11 is 0. The Hall–Kier alpha value is -2.03. The number of anilines is 2. The number of hydrogen-bond acceptors (Lipinski definition) is 2. The summed E-state index contributed by atoms with van der Waals surface area (Å²) in [5.74, 6) is -0.165. The maximum atomic E-state index is 13.1. The Bertz CT molecular complexity index is 595. The Labute approximate surface area is 112 Å². The fraction of sp³-hybridized carbons (Fsp3) is 0.250. The molecule has 3 rings (SSSR count). The molecule has 1 aliphatic rings. The van der Waals surface area contributed by atoms with Crippen LogP contribution in [0, 0.1) is 12.7 Å². The Morgan fingerprint density at radius 3 is 2.89 bits per heavy atom. The summed E-state index contributed by atoms with van der Waals surface area (Å²) in [5, 5.41) is 3.40. The highest BCUT2D eigenvalue weighted by molar-refractivity contribution is 5.72. The highest BCUT2D eigenvalue weighted by Gasteiger charge is 2.16. The topological polar surface area (TPSA) is 15.3 Å². The SMILES string of the molecule is Cc1cc(F)ccc1CN1CCNc2ccccc21.